The second kappa shape index (κ2) is 6.93. The molecular weight excluding hydrogens is 337 g/mol. The number of carbonyl (C=O) groups excluding carboxylic acids is 2. The number of amides is 2. The number of rotatable bonds is 2. The summed E-state index contributed by atoms with van der Waals surface area (Å²) in [6.45, 7) is 5.61. The summed E-state index contributed by atoms with van der Waals surface area (Å²) in [6, 6.07) is 3.48. The van der Waals surface area contributed by atoms with Gasteiger partial charge in [-0.1, -0.05) is 0 Å². The van der Waals surface area contributed by atoms with E-state index < -0.39 is 35.4 Å². The number of alkyl halides is 3. The number of likely N-dealkylation sites (tertiary alicyclic amines) is 1. The average Bonchev–Trinajstić information content (AvgIpc) is 2.94. The summed E-state index contributed by atoms with van der Waals surface area (Å²) in [5.74, 6) is -0.442. The monoisotopic (exact) mass is 358 g/mol. The van der Waals surface area contributed by atoms with Crippen LogP contribution in [0.5, 0.6) is 0 Å². The Morgan fingerprint density at radius 3 is 2.28 bits per heavy atom. The highest BCUT2D eigenvalue weighted by Gasteiger charge is 2.36. The maximum atomic E-state index is 12.6. The lowest BCUT2D eigenvalue weighted by Crippen LogP contribution is -2.45. The van der Waals surface area contributed by atoms with E-state index in [1.54, 1.807) is 20.8 Å². The molecule has 0 bridgehead atoms. The van der Waals surface area contributed by atoms with Crippen LogP contribution in [0, 0.1) is 0 Å². The van der Waals surface area contributed by atoms with Gasteiger partial charge in [0.2, 0.25) is 5.91 Å². The molecule has 0 aromatic heterocycles. The van der Waals surface area contributed by atoms with Crippen molar-refractivity contribution in [3.8, 4) is 0 Å². The van der Waals surface area contributed by atoms with Crippen LogP contribution in [-0.2, 0) is 15.7 Å². The Hall–Kier alpha value is -2.25. The first kappa shape index (κ1) is 19.1. The number of nitrogens with zero attached hydrogens (tertiary/aromatic N) is 1. The summed E-state index contributed by atoms with van der Waals surface area (Å²) in [7, 11) is 0. The Kier molecular flexibility index (Phi) is 5.29. The van der Waals surface area contributed by atoms with Gasteiger partial charge >= 0.3 is 12.3 Å². The summed E-state index contributed by atoms with van der Waals surface area (Å²) in [6.07, 6.45) is -3.87. The standard InChI is InChI=1S/C17H21F3N2O3/c1-16(2,3)25-15(24)22-10-4-5-13(22)14(23)21-12-8-6-11(7-9-12)17(18,19)20/h6-9,13H,4-5,10H2,1-3H3,(H,21,23)/t13-/m0/s1. The maximum Gasteiger partial charge on any atom is 0.416 e. The molecule has 25 heavy (non-hydrogen) atoms. The molecule has 1 fully saturated rings. The molecule has 0 saturated carbocycles. The van der Waals surface area contributed by atoms with Crippen molar-refractivity contribution in [2.75, 3.05) is 11.9 Å². The second-order valence-electron chi connectivity index (χ2n) is 6.90. The molecular formula is C17H21F3N2O3. The van der Waals surface area contributed by atoms with Gasteiger partial charge in [0, 0.05) is 12.2 Å². The maximum absolute atomic E-state index is 12.6. The normalized spacial score (nSPS) is 18.2. The van der Waals surface area contributed by atoms with Crippen molar-refractivity contribution in [2.45, 2.75) is 51.4 Å². The van der Waals surface area contributed by atoms with E-state index in [0.29, 0.717) is 19.4 Å². The molecule has 138 valence electrons. The highest BCUT2D eigenvalue weighted by atomic mass is 19.4. The van der Waals surface area contributed by atoms with Crippen LogP contribution in [0.4, 0.5) is 23.7 Å². The molecule has 2 rings (SSSR count). The Morgan fingerprint density at radius 1 is 1.16 bits per heavy atom. The highest BCUT2D eigenvalue weighted by molar-refractivity contribution is 5.96. The van der Waals surface area contributed by atoms with Crippen LogP contribution >= 0.6 is 0 Å². The van der Waals surface area contributed by atoms with Gasteiger partial charge in [-0.2, -0.15) is 13.2 Å². The molecule has 5 nitrogen and oxygen atoms in total. The fraction of sp³-hybridized carbons (Fsp3) is 0.529. The lowest BCUT2D eigenvalue weighted by atomic mass is 10.1. The number of benzene rings is 1. The molecule has 0 unspecified atom stereocenters. The van der Waals surface area contributed by atoms with Gasteiger partial charge in [0.1, 0.15) is 11.6 Å². The van der Waals surface area contributed by atoms with Gasteiger partial charge in [0.05, 0.1) is 5.56 Å². The van der Waals surface area contributed by atoms with Crippen molar-refractivity contribution < 1.29 is 27.5 Å². The Morgan fingerprint density at radius 2 is 1.76 bits per heavy atom. The van der Waals surface area contributed by atoms with E-state index in [0.717, 1.165) is 12.1 Å². The molecule has 1 atom stereocenters. The largest absolute Gasteiger partial charge is 0.444 e. The molecule has 1 heterocycles. The van der Waals surface area contributed by atoms with Crippen molar-refractivity contribution >= 4 is 17.7 Å². The molecule has 1 aliphatic heterocycles. The number of hydrogen-bond donors (Lipinski definition) is 1. The molecule has 0 spiro atoms. The molecule has 8 heteroatoms. The van der Waals surface area contributed by atoms with Gasteiger partial charge in [-0.05, 0) is 57.9 Å². The van der Waals surface area contributed by atoms with Crippen molar-refractivity contribution in [3.63, 3.8) is 0 Å². The minimum Gasteiger partial charge on any atom is -0.444 e. The van der Waals surface area contributed by atoms with Gasteiger partial charge in [-0.3, -0.25) is 9.69 Å². The topological polar surface area (TPSA) is 58.6 Å². The fourth-order valence-electron chi connectivity index (χ4n) is 2.55. The number of anilines is 1. The summed E-state index contributed by atoms with van der Waals surface area (Å²) in [4.78, 5) is 25.9. The number of hydrogen-bond acceptors (Lipinski definition) is 3. The van der Waals surface area contributed by atoms with E-state index in [1.807, 2.05) is 0 Å². The van der Waals surface area contributed by atoms with Crippen LogP contribution in [0.1, 0.15) is 39.2 Å². The molecule has 2 amide bonds. The third-order valence-electron chi connectivity index (χ3n) is 3.66. The Bertz CT molecular complexity index is 636. The van der Waals surface area contributed by atoms with Crippen LogP contribution in [0.2, 0.25) is 0 Å². The summed E-state index contributed by atoms with van der Waals surface area (Å²) >= 11 is 0. The molecule has 0 aliphatic carbocycles. The summed E-state index contributed by atoms with van der Waals surface area (Å²) in [5, 5.41) is 2.55. The van der Waals surface area contributed by atoms with E-state index in [1.165, 1.54) is 17.0 Å². The minimum atomic E-state index is -4.43. The number of ether oxygens (including phenoxy) is 1. The molecule has 0 radical (unpaired) electrons. The van der Waals surface area contributed by atoms with Crippen LogP contribution in [0.15, 0.2) is 24.3 Å². The van der Waals surface area contributed by atoms with E-state index in [4.69, 9.17) is 4.74 Å². The zero-order valence-corrected chi connectivity index (χ0v) is 14.3. The van der Waals surface area contributed by atoms with Crippen LogP contribution in [0.25, 0.3) is 0 Å². The minimum absolute atomic E-state index is 0.244. The van der Waals surface area contributed by atoms with Crippen molar-refractivity contribution in [3.05, 3.63) is 29.8 Å². The first-order chi connectivity index (χ1) is 11.5. The van der Waals surface area contributed by atoms with E-state index in [9.17, 15) is 22.8 Å². The Labute approximate surface area is 144 Å². The van der Waals surface area contributed by atoms with E-state index in [2.05, 4.69) is 5.32 Å². The van der Waals surface area contributed by atoms with Crippen molar-refractivity contribution in [2.24, 2.45) is 0 Å². The third-order valence-corrected chi connectivity index (χ3v) is 3.66. The molecule has 1 aromatic carbocycles. The van der Waals surface area contributed by atoms with Gasteiger partial charge in [-0.25, -0.2) is 4.79 Å². The van der Waals surface area contributed by atoms with Gasteiger partial charge in [0.25, 0.3) is 0 Å². The zero-order chi connectivity index (χ0) is 18.8. The first-order valence-electron chi connectivity index (χ1n) is 7.95. The lowest BCUT2D eigenvalue weighted by Gasteiger charge is -2.28. The summed E-state index contributed by atoms with van der Waals surface area (Å²) < 4.78 is 43.0. The third kappa shape index (κ3) is 5.11. The van der Waals surface area contributed by atoms with Crippen molar-refractivity contribution in [1.29, 1.82) is 0 Å². The zero-order valence-electron chi connectivity index (χ0n) is 14.3. The summed E-state index contributed by atoms with van der Waals surface area (Å²) in [5.41, 5.74) is -1.22. The van der Waals surface area contributed by atoms with Crippen LogP contribution in [-0.4, -0.2) is 35.1 Å². The van der Waals surface area contributed by atoms with Gasteiger partial charge in [-0.15, -0.1) is 0 Å². The lowest BCUT2D eigenvalue weighted by molar-refractivity contribution is -0.137. The molecule has 1 saturated heterocycles. The predicted octanol–water partition coefficient (Wildman–Crippen LogP) is 4.04. The number of nitrogens with one attached hydrogen (secondary N) is 1. The Balaban J connectivity index is 2.03. The van der Waals surface area contributed by atoms with Gasteiger partial charge < -0.3 is 10.1 Å². The van der Waals surface area contributed by atoms with E-state index >= 15 is 0 Å². The predicted molar refractivity (Wildman–Crippen MR) is 86.0 cm³/mol. The van der Waals surface area contributed by atoms with Crippen LogP contribution < -0.4 is 5.32 Å². The SMILES string of the molecule is CC(C)(C)OC(=O)N1CCC[C@H]1C(=O)Nc1ccc(C(F)(F)F)cc1. The smallest absolute Gasteiger partial charge is 0.416 e. The van der Waals surface area contributed by atoms with Crippen molar-refractivity contribution in [1.82, 2.24) is 4.90 Å². The highest BCUT2D eigenvalue weighted by Crippen LogP contribution is 2.30. The number of carbonyl (C=O) groups is 2. The average molecular weight is 358 g/mol. The van der Waals surface area contributed by atoms with Gasteiger partial charge in [0.15, 0.2) is 0 Å². The number of halogens is 3. The van der Waals surface area contributed by atoms with Crippen LogP contribution in [0.3, 0.4) is 0 Å². The fourth-order valence-corrected chi connectivity index (χ4v) is 2.55. The quantitative estimate of drug-likeness (QED) is 0.868. The second-order valence-corrected chi connectivity index (χ2v) is 6.90. The molecule has 1 aromatic rings. The van der Waals surface area contributed by atoms with E-state index in [-0.39, 0.29) is 5.69 Å². The molecule has 1 N–H and O–H groups in total. The molecule has 1 aliphatic rings. The first-order valence-corrected chi connectivity index (χ1v) is 7.95.